The predicted octanol–water partition coefficient (Wildman–Crippen LogP) is 0.168. The van der Waals surface area contributed by atoms with Crippen molar-refractivity contribution in [2.24, 2.45) is 5.92 Å². The first-order valence-electron chi connectivity index (χ1n) is 6.98. The van der Waals surface area contributed by atoms with Crippen LogP contribution in [0.4, 0.5) is 4.39 Å². The number of carbonyl (C=O) groups excluding carboxylic acids is 1. The largest absolute Gasteiger partial charge is 0.508 e. The van der Waals surface area contributed by atoms with Gasteiger partial charge in [0.05, 0.1) is 30.6 Å². The van der Waals surface area contributed by atoms with Crippen LogP contribution in [0.25, 0.3) is 0 Å². The lowest BCUT2D eigenvalue weighted by Crippen LogP contribution is -2.43. The van der Waals surface area contributed by atoms with E-state index in [0.29, 0.717) is 0 Å². The summed E-state index contributed by atoms with van der Waals surface area (Å²) in [5.41, 5.74) is -0.300. The van der Waals surface area contributed by atoms with Crippen LogP contribution in [0.5, 0.6) is 5.75 Å². The van der Waals surface area contributed by atoms with E-state index in [1.165, 1.54) is 14.1 Å². The van der Waals surface area contributed by atoms with Crippen LogP contribution < -0.4 is 5.32 Å². The fourth-order valence-corrected chi connectivity index (χ4v) is 3.44. The average molecular weight is 346 g/mol. The van der Waals surface area contributed by atoms with Crippen molar-refractivity contribution in [3.63, 3.8) is 0 Å². The molecule has 1 heterocycles. The summed E-state index contributed by atoms with van der Waals surface area (Å²) >= 11 is 0. The van der Waals surface area contributed by atoms with Crippen molar-refractivity contribution >= 4 is 15.9 Å². The molecule has 1 aliphatic rings. The molecule has 0 unspecified atom stereocenters. The molecule has 23 heavy (non-hydrogen) atoms. The molecule has 2 atom stereocenters. The van der Waals surface area contributed by atoms with Gasteiger partial charge in [-0.05, 0) is 18.2 Å². The molecule has 0 aromatic heterocycles. The maximum absolute atomic E-state index is 13.7. The first kappa shape index (κ1) is 17.6. The molecule has 0 radical (unpaired) electrons. The molecule has 1 fully saturated rings. The Bertz CT molecular complexity index is 692. The van der Waals surface area contributed by atoms with Crippen LogP contribution >= 0.6 is 0 Å². The Morgan fingerprint density at radius 2 is 2.13 bits per heavy atom. The highest BCUT2D eigenvalue weighted by atomic mass is 32.2. The van der Waals surface area contributed by atoms with E-state index in [9.17, 15) is 22.7 Å². The molecule has 128 valence electrons. The number of carbonyl (C=O) groups is 1. The second-order valence-electron chi connectivity index (χ2n) is 5.60. The van der Waals surface area contributed by atoms with E-state index >= 15 is 0 Å². The molecule has 2 rings (SSSR count). The third-order valence-corrected chi connectivity index (χ3v) is 5.65. The van der Waals surface area contributed by atoms with Crippen molar-refractivity contribution in [2.75, 3.05) is 33.1 Å². The second kappa shape index (κ2) is 6.81. The van der Waals surface area contributed by atoms with Crippen molar-refractivity contribution in [1.82, 2.24) is 9.62 Å². The number of halogens is 1. The zero-order chi connectivity index (χ0) is 17.2. The van der Waals surface area contributed by atoms with Crippen molar-refractivity contribution in [3.8, 4) is 5.75 Å². The Morgan fingerprint density at radius 3 is 2.78 bits per heavy atom. The lowest BCUT2D eigenvalue weighted by molar-refractivity contribution is 0.0921. The van der Waals surface area contributed by atoms with Crippen LogP contribution in [0.3, 0.4) is 0 Å². The van der Waals surface area contributed by atoms with Gasteiger partial charge in [0.15, 0.2) is 0 Å². The van der Waals surface area contributed by atoms with Crippen LogP contribution in [-0.4, -0.2) is 62.8 Å². The molecule has 0 spiro atoms. The molecular weight excluding hydrogens is 327 g/mol. The number of rotatable bonds is 5. The molecule has 0 bridgehead atoms. The molecule has 7 nitrogen and oxygen atoms in total. The Kier molecular flexibility index (Phi) is 5.23. The molecule has 1 saturated heterocycles. The smallest absolute Gasteiger partial charge is 0.254 e. The van der Waals surface area contributed by atoms with Gasteiger partial charge in [-0.3, -0.25) is 4.79 Å². The fourth-order valence-electron chi connectivity index (χ4n) is 2.28. The summed E-state index contributed by atoms with van der Waals surface area (Å²) in [5.74, 6) is -2.32. The van der Waals surface area contributed by atoms with Crippen molar-refractivity contribution in [2.45, 2.75) is 6.04 Å². The summed E-state index contributed by atoms with van der Waals surface area (Å²) in [6, 6.07) is 2.60. The maximum atomic E-state index is 13.7. The van der Waals surface area contributed by atoms with Gasteiger partial charge in [-0.2, -0.15) is 0 Å². The van der Waals surface area contributed by atoms with Gasteiger partial charge in [0.25, 0.3) is 5.91 Å². The van der Waals surface area contributed by atoms with Gasteiger partial charge in [-0.1, -0.05) is 0 Å². The van der Waals surface area contributed by atoms with Crippen molar-refractivity contribution in [1.29, 1.82) is 0 Å². The van der Waals surface area contributed by atoms with Gasteiger partial charge in [0.1, 0.15) is 11.6 Å². The number of nitrogens with zero attached hydrogens (tertiary/aromatic N) is 1. The zero-order valence-corrected chi connectivity index (χ0v) is 13.6. The zero-order valence-electron chi connectivity index (χ0n) is 12.8. The van der Waals surface area contributed by atoms with Gasteiger partial charge < -0.3 is 15.2 Å². The summed E-state index contributed by atoms with van der Waals surface area (Å²) < 4.78 is 43.9. The highest BCUT2D eigenvalue weighted by molar-refractivity contribution is 7.89. The van der Waals surface area contributed by atoms with Gasteiger partial charge in [-0.15, -0.1) is 0 Å². The van der Waals surface area contributed by atoms with Crippen LogP contribution in [0.15, 0.2) is 18.2 Å². The van der Waals surface area contributed by atoms with Gasteiger partial charge in [0.2, 0.25) is 10.0 Å². The van der Waals surface area contributed by atoms with Crippen molar-refractivity contribution < 1.29 is 27.4 Å². The molecule has 0 aliphatic carbocycles. The third-order valence-electron chi connectivity index (χ3n) is 3.69. The van der Waals surface area contributed by atoms with E-state index in [2.05, 4.69) is 5.32 Å². The molecule has 9 heteroatoms. The minimum absolute atomic E-state index is 0.153. The second-order valence-corrected chi connectivity index (χ2v) is 7.83. The van der Waals surface area contributed by atoms with Gasteiger partial charge in [0, 0.05) is 20.0 Å². The lowest BCUT2D eigenvalue weighted by atomic mass is 10.1. The normalized spacial score (nSPS) is 21.6. The number of nitrogens with one attached hydrogen (secondary N) is 1. The van der Waals surface area contributed by atoms with E-state index < -0.39 is 33.7 Å². The summed E-state index contributed by atoms with van der Waals surface area (Å²) in [6.07, 6.45) is 0. The number of benzene rings is 1. The summed E-state index contributed by atoms with van der Waals surface area (Å²) in [4.78, 5) is 12.1. The Balaban J connectivity index is 2.09. The van der Waals surface area contributed by atoms with E-state index in [1.54, 1.807) is 0 Å². The average Bonchev–Trinajstić information content (AvgIpc) is 2.87. The number of hydrogen-bond donors (Lipinski definition) is 2. The van der Waals surface area contributed by atoms with E-state index in [0.717, 1.165) is 22.5 Å². The minimum Gasteiger partial charge on any atom is -0.508 e. The molecular formula is C14H19FN2O5S. The number of sulfonamides is 1. The molecule has 1 aromatic rings. The first-order chi connectivity index (χ1) is 10.7. The fraction of sp³-hybridized carbons (Fsp3) is 0.500. The number of ether oxygens (including phenoxy) is 1. The van der Waals surface area contributed by atoms with Crippen molar-refractivity contribution in [3.05, 3.63) is 29.6 Å². The quantitative estimate of drug-likeness (QED) is 0.792. The van der Waals surface area contributed by atoms with E-state index in [4.69, 9.17) is 4.74 Å². The number of hydrogen-bond acceptors (Lipinski definition) is 5. The highest BCUT2D eigenvalue weighted by Gasteiger charge is 2.34. The van der Waals surface area contributed by atoms with E-state index in [1.807, 2.05) is 0 Å². The van der Waals surface area contributed by atoms with Gasteiger partial charge >= 0.3 is 0 Å². The first-order valence-corrected chi connectivity index (χ1v) is 8.59. The van der Waals surface area contributed by atoms with Crippen LogP contribution in [0, 0.1) is 11.7 Å². The SMILES string of the molecule is CN(C)S(=O)(=O)C[C@@H]1COC[C@H]1NC(=O)c1cc(O)ccc1F. The van der Waals surface area contributed by atoms with Crippen LogP contribution in [-0.2, 0) is 14.8 Å². The Morgan fingerprint density at radius 1 is 1.43 bits per heavy atom. The monoisotopic (exact) mass is 346 g/mol. The molecule has 1 amide bonds. The summed E-state index contributed by atoms with van der Waals surface area (Å²) in [5, 5.41) is 11.9. The lowest BCUT2D eigenvalue weighted by Gasteiger charge is -2.21. The number of phenols is 1. The minimum atomic E-state index is -3.44. The van der Waals surface area contributed by atoms with Crippen LogP contribution in [0.1, 0.15) is 10.4 Å². The predicted molar refractivity (Wildman–Crippen MR) is 81.1 cm³/mol. The van der Waals surface area contributed by atoms with E-state index in [-0.39, 0.29) is 30.3 Å². The maximum Gasteiger partial charge on any atom is 0.254 e. The van der Waals surface area contributed by atoms with Gasteiger partial charge in [-0.25, -0.2) is 17.1 Å². The third kappa shape index (κ3) is 4.18. The molecule has 1 aromatic carbocycles. The number of amides is 1. The summed E-state index contributed by atoms with van der Waals surface area (Å²) in [7, 11) is -0.579. The number of aromatic hydroxyl groups is 1. The molecule has 0 saturated carbocycles. The molecule has 1 aliphatic heterocycles. The Labute approximate surface area is 134 Å². The van der Waals surface area contributed by atoms with Crippen LogP contribution in [0.2, 0.25) is 0 Å². The topological polar surface area (TPSA) is 95.9 Å². The Hall–Kier alpha value is -1.71. The highest BCUT2D eigenvalue weighted by Crippen LogP contribution is 2.19. The number of phenolic OH excluding ortho intramolecular Hbond substituents is 1. The molecule has 2 N–H and O–H groups in total. The summed E-state index contributed by atoms with van der Waals surface area (Å²) in [6.45, 7) is 0.348. The standard InChI is InChI=1S/C14H19FN2O5S/c1-17(2)23(20,21)8-9-6-22-7-13(9)16-14(19)11-5-10(18)3-4-12(11)15/h3-5,9,13,18H,6-8H2,1-2H3,(H,16,19)/t9-,13+/m0/s1.